The molecule has 2 aromatic rings. The van der Waals surface area contributed by atoms with E-state index in [9.17, 15) is 30.7 Å². The zero-order valence-corrected chi connectivity index (χ0v) is 15.6. The van der Waals surface area contributed by atoms with E-state index in [1.54, 1.807) is 24.3 Å². The van der Waals surface area contributed by atoms with Crippen LogP contribution in [0, 0.1) is 0 Å². The van der Waals surface area contributed by atoms with Gasteiger partial charge in [0.05, 0.1) is 6.21 Å². The molecule has 0 bridgehead atoms. The number of alkyl halides is 7. The molecule has 0 fully saturated rings. The van der Waals surface area contributed by atoms with Crippen LogP contribution >= 0.6 is 23.2 Å². The first kappa shape index (κ1) is 23.1. The Balaban J connectivity index is 2.16. The summed E-state index contributed by atoms with van der Waals surface area (Å²) in [4.78, 5) is 0. The second kappa shape index (κ2) is 8.66. The monoisotopic (exact) mass is 462 g/mol. The maximum Gasteiger partial charge on any atom is 0.462 e. The van der Waals surface area contributed by atoms with E-state index < -0.39 is 18.1 Å². The molecule has 0 spiro atoms. The Morgan fingerprint density at radius 1 is 0.931 bits per heavy atom. The Morgan fingerprint density at radius 3 is 2.21 bits per heavy atom. The minimum atomic E-state index is -6.47. The summed E-state index contributed by atoms with van der Waals surface area (Å²) in [5.74, 6) is -6.27. The second-order valence-electron chi connectivity index (χ2n) is 5.62. The lowest BCUT2D eigenvalue weighted by atomic mass is 10.2. The molecule has 0 atom stereocenters. The van der Waals surface area contributed by atoms with Crippen molar-refractivity contribution in [3.05, 3.63) is 63.6 Å². The topological polar surface area (TPSA) is 33.6 Å². The summed E-state index contributed by atoms with van der Waals surface area (Å²) in [6.45, 7) is -0.00122. The highest BCUT2D eigenvalue weighted by Crippen LogP contribution is 2.45. The van der Waals surface area contributed by atoms with Gasteiger partial charge in [-0.25, -0.2) is 5.43 Å². The van der Waals surface area contributed by atoms with Crippen molar-refractivity contribution in [3.63, 3.8) is 0 Å². The number of hydrogen-bond acceptors (Lipinski definition) is 3. The molecule has 0 unspecified atom stereocenters. The van der Waals surface area contributed by atoms with Crippen molar-refractivity contribution in [2.75, 3.05) is 0 Å². The summed E-state index contributed by atoms with van der Waals surface area (Å²) in [5.41, 5.74) is 1.15. The van der Waals surface area contributed by atoms with E-state index in [2.05, 4.69) is 5.10 Å². The minimum Gasteiger partial charge on any atom is -0.488 e. The Kier molecular flexibility index (Phi) is 6.89. The molecule has 2 rings (SSSR count). The lowest BCUT2D eigenvalue weighted by Crippen LogP contribution is -2.58. The molecule has 2 aromatic carbocycles. The van der Waals surface area contributed by atoms with Crippen LogP contribution in [0.5, 0.6) is 5.75 Å². The van der Waals surface area contributed by atoms with E-state index in [4.69, 9.17) is 27.9 Å². The Labute approximate surface area is 170 Å². The predicted molar refractivity (Wildman–Crippen MR) is 93.9 cm³/mol. The smallest absolute Gasteiger partial charge is 0.462 e. The van der Waals surface area contributed by atoms with Crippen LogP contribution in [0.2, 0.25) is 10.0 Å². The molecule has 29 heavy (non-hydrogen) atoms. The van der Waals surface area contributed by atoms with Crippen molar-refractivity contribution in [2.24, 2.45) is 5.10 Å². The molecule has 0 aromatic heterocycles. The third kappa shape index (κ3) is 5.66. The molecule has 0 radical (unpaired) electrons. The van der Waals surface area contributed by atoms with Gasteiger partial charge in [0, 0.05) is 15.6 Å². The fourth-order valence-electron chi connectivity index (χ4n) is 1.97. The number of nitrogens with zero attached hydrogens (tertiary/aromatic N) is 1. The first-order chi connectivity index (χ1) is 13.3. The van der Waals surface area contributed by atoms with Gasteiger partial charge >= 0.3 is 18.1 Å². The van der Waals surface area contributed by atoms with Crippen molar-refractivity contribution in [2.45, 2.75) is 24.8 Å². The molecular formula is C17H11Cl2F7N2O. The molecular weight excluding hydrogens is 452 g/mol. The number of ether oxygens (including phenoxy) is 1. The van der Waals surface area contributed by atoms with Gasteiger partial charge in [0.25, 0.3) is 0 Å². The first-order valence-electron chi connectivity index (χ1n) is 7.63. The van der Waals surface area contributed by atoms with Crippen LogP contribution < -0.4 is 10.2 Å². The molecule has 0 amide bonds. The number of benzene rings is 2. The van der Waals surface area contributed by atoms with Crippen LogP contribution in [0.15, 0.2) is 47.6 Å². The van der Waals surface area contributed by atoms with Crippen molar-refractivity contribution in [3.8, 4) is 5.75 Å². The Hall–Kier alpha value is -2.20. The van der Waals surface area contributed by atoms with Gasteiger partial charge in [0.15, 0.2) is 0 Å². The number of hydrazone groups is 1. The molecule has 0 heterocycles. The van der Waals surface area contributed by atoms with E-state index in [-0.39, 0.29) is 22.9 Å². The molecule has 0 aliphatic carbocycles. The van der Waals surface area contributed by atoms with Crippen molar-refractivity contribution in [1.29, 1.82) is 0 Å². The summed E-state index contributed by atoms with van der Waals surface area (Å²) >= 11 is 11.6. The highest BCUT2D eigenvalue weighted by molar-refractivity contribution is 6.31. The van der Waals surface area contributed by atoms with E-state index in [1.807, 2.05) is 0 Å². The number of rotatable bonds is 7. The zero-order chi connectivity index (χ0) is 21.9. The maximum absolute atomic E-state index is 13.2. The third-order valence-corrected chi connectivity index (χ3v) is 3.88. The first-order valence-corrected chi connectivity index (χ1v) is 8.38. The van der Waals surface area contributed by atoms with Gasteiger partial charge in [-0.15, -0.1) is 0 Å². The third-order valence-electron chi connectivity index (χ3n) is 3.41. The summed E-state index contributed by atoms with van der Waals surface area (Å²) in [5, 5.41) is 3.36. The Morgan fingerprint density at radius 2 is 1.59 bits per heavy atom. The molecule has 1 N–H and O–H groups in total. The lowest BCUT2D eigenvalue weighted by molar-refractivity contribution is -0.361. The standard InChI is InChI=1S/C17H11Cl2F7N2O/c18-12-3-1-2-10(6-12)9-29-14-5-4-13(19)7-11(14)8-27-28-17(25,26)15(20,21)16(22,23)24/h1-8,28H,9H2/b27-8-. The average molecular weight is 463 g/mol. The van der Waals surface area contributed by atoms with Crippen LogP contribution in [0.3, 0.4) is 0 Å². The normalized spacial score (nSPS) is 13.0. The van der Waals surface area contributed by atoms with Gasteiger partial charge in [-0.1, -0.05) is 35.3 Å². The van der Waals surface area contributed by atoms with Gasteiger partial charge < -0.3 is 4.74 Å². The molecule has 3 nitrogen and oxygen atoms in total. The van der Waals surface area contributed by atoms with Gasteiger partial charge in [-0.3, -0.25) is 0 Å². The largest absolute Gasteiger partial charge is 0.488 e. The van der Waals surface area contributed by atoms with E-state index in [0.717, 1.165) is 0 Å². The van der Waals surface area contributed by atoms with E-state index >= 15 is 0 Å². The van der Waals surface area contributed by atoms with Crippen LogP contribution in [-0.2, 0) is 6.61 Å². The molecule has 158 valence electrons. The summed E-state index contributed by atoms with van der Waals surface area (Å²) in [6, 6.07) is 4.85. The molecule has 0 aliphatic heterocycles. The van der Waals surface area contributed by atoms with Gasteiger partial charge in [-0.05, 0) is 35.9 Å². The maximum atomic E-state index is 13.2. The number of hydrogen-bond donors (Lipinski definition) is 1. The average Bonchev–Trinajstić information content (AvgIpc) is 2.60. The lowest BCUT2D eigenvalue weighted by Gasteiger charge is -2.27. The summed E-state index contributed by atoms with van der Waals surface area (Å²) < 4.78 is 94.0. The van der Waals surface area contributed by atoms with Crippen molar-refractivity contribution in [1.82, 2.24) is 5.43 Å². The quantitative estimate of drug-likeness (QED) is 0.227. The second-order valence-corrected chi connectivity index (χ2v) is 6.49. The SMILES string of the molecule is FC(F)(F)C(F)(F)C(F)(F)N/N=C\c1cc(Cl)ccc1OCc1cccc(Cl)c1. The molecule has 0 aliphatic rings. The molecule has 0 saturated heterocycles. The predicted octanol–water partition coefficient (Wildman–Crippen LogP) is 6.29. The van der Waals surface area contributed by atoms with Crippen molar-refractivity contribution >= 4 is 29.4 Å². The van der Waals surface area contributed by atoms with Crippen LogP contribution in [0.25, 0.3) is 0 Å². The van der Waals surface area contributed by atoms with E-state index in [1.165, 1.54) is 18.2 Å². The molecule has 12 heteroatoms. The van der Waals surface area contributed by atoms with Gasteiger partial charge in [0.1, 0.15) is 12.4 Å². The number of halogens is 9. The van der Waals surface area contributed by atoms with Crippen LogP contribution in [-0.4, -0.2) is 24.4 Å². The van der Waals surface area contributed by atoms with Crippen LogP contribution in [0.1, 0.15) is 11.1 Å². The highest BCUT2D eigenvalue weighted by Gasteiger charge is 2.73. The van der Waals surface area contributed by atoms with Gasteiger partial charge in [-0.2, -0.15) is 35.8 Å². The summed E-state index contributed by atoms with van der Waals surface area (Å²) in [6.07, 6.45) is -5.89. The fourth-order valence-corrected chi connectivity index (χ4v) is 2.36. The van der Waals surface area contributed by atoms with Crippen LogP contribution in [0.4, 0.5) is 30.7 Å². The number of nitrogens with one attached hydrogen (secondary N) is 1. The summed E-state index contributed by atoms with van der Waals surface area (Å²) in [7, 11) is 0. The highest BCUT2D eigenvalue weighted by atomic mass is 35.5. The van der Waals surface area contributed by atoms with Gasteiger partial charge in [0.2, 0.25) is 0 Å². The fraction of sp³-hybridized carbons (Fsp3) is 0.235. The van der Waals surface area contributed by atoms with E-state index in [0.29, 0.717) is 22.2 Å². The molecule has 0 saturated carbocycles. The Bertz CT molecular complexity index is 888. The zero-order valence-electron chi connectivity index (χ0n) is 14.1. The van der Waals surface area contributed by atoms with Crippen molar-refractivity contribution < 1.29 is 35.5 Å². The minimum absolute atomic E-state index is 0.00122.